The second-order valence-corrected chi connectivity index (χ2v) is 4.66. The Morgan fingerprint density at radius 3 is 2.57 bits per heavy atom. The lowest BCUT2D eigenvalue weighted by Crippen LogP contribution is -1.99. The predicted octanol–water partition coefficient (Wildman–Crippen LogP) is 4.31. The van der Waals surface area contributed by atoms with E-state index in [9.17, 15) is 4.79 Å². The molecule has 0 spiro atoms. The number of para-hydroxylation sites is 1. The summed E-state index contributed by atoms with van der Waals surface area (Å²) < 4.78 is 4.89. The lowest BCUT2D eigenvalue weighted by atomic mass is 10.1. The number of hydrogen-bond acceptors (Lipinski definition) is 3. The van der Waals surface area contributed by atoms with Crippen molar-refractivity contribution in [1.29, 1.82) is 0 Å². The van der Waals surface area contributed by atoms with E-state index in [-0.39, 0.29) is 5.97 Å². The molecule has 0 aromatic heterocycles. The van der Waals surface area contributed by atoms with E-state index >= 15 is 0 Å². The molecule has 0 aliphatic rings. The third kappa shape index (κ3) is 4.49. The molecule has 21 heavy (non-hydrogen) atoms. The third-order valence-electron chi connectivity index (χ3n) is 2.98. The second kappa shape index (κ2) is 7.29. The van der Waals surface area contributed by atoms with Gasteiger partial charge in [-0.3, -0.25) is 0 Å². The largest absolute Gasteiger partial charge is 0.463 e. The maximum atomic E-state index is 11.4. The average Bonchev–Trinajstić information content (AvgIpc) is 2.49. The van der Waals surface area contributed by atoms with Crippen molar-refractivity contribution in [3.63, 3.8) is 0 Å². The van der Waals surface area contributed by atoms with Crippen molar-refractivity contribution < 1.29 is 9.53 Å². The summed E-state index contributed by atoms with van der Waals surface area (Å²) in [6.07, 6.45) is 3.20. The van der Waals surface area contributed by atoms with Crippen LogP contribution in [-0.2, 0) is 9.53 Å². The molecule has 0 atom stereocenters. The lowest BCUT2D eigenvalue weighted by molar-refractivity contribution is -0.137. The molecule has 2 aromatic rings. The van der Waals surface area contributed by atoms with Crippen LogP contribution in [0.5, 0.6) is 0 Å². The molecule has 3 heteroatoms. The highest BCUT2D eigenvalue weighted by atomic mass is 16.5. The van der Waals surface area contributed by atoms with E-state index in [0.29, 0.717) is 6.61 Å². The average molecular weight is 281 g/mol. The molecule has 0 amide bonds. The van der Waals surface area contributed by atoms with Crippen molar-refractivity contribution in [2.24, 2.45) is 0 Å². The Labute approximate surface area is 125 Å². The minimum atomic E-state index is -0.331. The fourth-order valence-corrected chi connectivity index (χ4v) is 1.90. The van der Waals surface area contributed by atoms with Crippen LogP contribution in [0.15, 0.2) is 54.6 Å². The molecule has 3 nitrogen and oxygen atoms in total. The SMILES string of the molecule is CCOC(=O)C=Cc1ccccc1Nc1ccc(C)cc1. The lowest BCUT2D eigenvalue weighted by Gasteiger charge is -2.10. The molecule has 0 aliphatic heterocycles. The molecular weight excluding hydrogens is 262 g/mol. The van der Waals surface area contributed by atoms with Crippen LogP contribution in [-0.4, -0.2) is 12.6 Å². The minimum Gasteiger partial charge on any atom is -0.463 e. The van der Waals surface area contributed by atoms with Gasteiger partial charge in [-0.25, -0.2) is 4.79 Å². The molecule has 2 aromatic carbocycles. The van der Waals surface area contributed by atoms with Crippen LogP contribution in [0.3, 0.4) is 0 Å². The van der Waals surface area contributed by atoms with Gasteiger partial charge in [-0.1, -0.05) is 35.9 Å². The summed E-state index contributed by atoms with van der Waals surface area (Å²) in [6.45, 7) is 4.23. The van der Waals surface area contributed by atoms with Crippen LogP contribution in [0.1, 0.15) is 18.1 Å². The number of nitrogens with one attached hydrogen (secondary N) is 1. The number of carbonyl (C=O) groups is 1. The number of rotatable bonds is 5. The van der Waals surface area contributed by atoms with Crippen molar-refractivity contribution in [2.75, 3.05) is 11.9 Å². The van der Waals surface area contributed by atoms with Gasteiger partial charge < -0.3 is 10.1 Å². The van der Waals surface area contributed by atoms with E-state index in [1.54, 1.807) is 13.0 Å². The number of hydrogen-bond donors (Lipinski definition) is 1. The van der Waals surface area contributed by atoms with E-state index in [1.807, 2.05) is 36.4 Å². The molecule has 1 N–H and O–H groups in total. The molecule has 0 saturated heterocycles. The fraction of sp³-hybridized carbons (Fsp3) is 0.167. The quantitative estimate of drug-likeness (QED) is 0.655. The fourth-order valence-electron chi connectivity index (χ4n) is 1.90. The Hall–Kier alpha value is -2.55. The standard InChI is InChI=1S/C18H19NO2/c1-3-21-18(20)13-10-15-6-4-5-7-17(15)19-16-11-8-14(2)9-12-16/h4-13,19H,3H2,1-2H3. The first kappa shape index (κ1) is 14.9. The predicted molar refractivity (Wildman–Crippen MR) is 86.6 cm³/mol. The summed E-state index contributed by atoms with van der Waals surface area (Å²) >= 11 is 0. The Bertz CT molecular complexity index is 630. The van der Waals surface area contributed by atoms with Crippen LogP contribution < -0.4 is 5.32 Å². The van der Waals surface area contributed by atoms with E-state index < -0.39 is 0 Å². The molecule has 0 unspecified atom stereocenters. The van der Waals surface area contributed by atoms with Gasteiger partial charge in [0, 0.05) is 17.5 Å². The van der Waals surface area contributed by atoms with Crippen LogP contribution in [0, 0.1) is 6.92 Å². The van der Waals surface area contributed by atoms with Crippen LogP contribution >= 0.6 is 0 Å². The van der Waals surface area contributed by atoms with Gasteiger partial charge in [0.15, 0.2) is 0 Å². The first-order chi connectivity index (χ1) is 10.2. The second-order valence-electron chi connectivity index (χ2n) is 4.66. The number of ether oxygens (including phenoxy) is 1. The topological polar surface area (TPSA) is 38.3 Å². The smallest absolute Gasteiger partial charge is 0.330 e. The molecule has 0 bridgehead atoms. The van der Waals surface area contributed by atoms with Gasteiger partial charge >= 0.3 is 5.97 Å². The van der Waals surface area contributed by atoms with Gasteiger partial charge in [-0.15, -0.1) is 0 Å². The Balaban J connectivity index is 2.16. The van der Waals surface area contributed by atoms with E-state index in [4.69, 9.17) is 4.74 Å². The van der Waals surface area contributed by atoms with E-state index in [2.05, 4.69) is 24.4 Å². The molecule has 0 radical (unpaired) electrons. The molecule has 0 fully saturated rings. The highest BCUT2D eigenvalue weighted by molar-refractivity contribution is 5.88. The minimum absolute atomic E-state index is 0.331. The highest BCUT2D eigenvalue weighted by Crippen LogP contribution is 2.22. The maximum Gasteiger partial charge on any atom is 0.330 e. The summed E-state index contributed by atoms with van der Waals surface area (Å²) in [5.74, 6) is -0.331. The molecule has 0 saturated carbocycles. The zero-order valence-corrected chi connectivity index (χ0v) is 12.3. The number of carbonyl (C=O) groups excluding carboxylic acids is 1. The monoisotopic (exact) mass is 281 g/mol. The Kier molecular flexibility index (Phi) is 5.16. The van der Waals surface area contributed by atoms with Crippen LogP contribution in [0.4, 0.5) is 11.4 Å². The molecule has 2 rings (SSSR count). The van der Waals surface area contributed by atoms with Gasteiger partial charge in [0.2, 0.25) is 0 Å². The zero-order valence-electron chi connectivity index (χ0n) is 12.3. The number of esters is 1. The number of benzene rings is 2. The van der Waals surface area contributed by atoms with Gasteiger partial charge in [-0.05, 0) is 43.7 Å². The van der Waals surface area contributed by atoms with E-state index in [1.165, 1.54) is 11.6 Å². The maximum absolute atomic E-state index is 11.4. The molecule has 0 aliphatic carbocycles. The first-order valence-corrected chi connectivity index (χ1v) is 6.96. The summed E-state index contributed by atoms with van der Waals surface area (Å²) in [7, 11) is 0. The number of anilines is 2. The van der Waals surface area contributed by atoms with Crippen molar-refractivity contribution in [3.05, 3.63) is 65.7 Å². The first-order valence-electron chi connectivity index (χ1n) is 6.96. The van der Waals surface area contributed by atoms with Crippen LogP contribution in [0.25, 0.3) is 6.08 Å². The van der Waals surface area contributed by atoms with Gasteiger partial charge in [-0.2, -0.15) is 0 Å². The number of aryl methyl sites for hydroxylation is 1. The van der Waals surface area contributed by atoms with E-state index in [0.717, 1.165) is 16.9 Å². The molecule has 108 valence electrons. The van der Waals surface area contributed by atoms with Crippen molar-refractivity contribution in [3.8, 4) is 0 Å². The van der Waals surface area contributed by atoms with Gasteiger partial charge in [0.1, 0.15) is 0 Å². The van der Waals surface area contributed by atoms with Crippen LogP contribution in [0.2, 0.25) is 0 Å². The van der Waals surface area contributed by atoms with Crippen molar-refractivity contribution in [2.45, 2.75) is 13.8 Å². The summed E-state index contributed by atoms with van der Waals surface area (Å²) in [5, 5.41) is 3.35. The molecule has 0 heterocycles. The summed E-state index contributed by atoms with van der Waals surface area (Å²) in [5.41, 5.74) is 4.11. The zero-order chi connectivity index (χ0) is 15.1. The summed E-state index contributed by atoms with van der Waals surface area (Å²) in [4.78, 5) is 11.4. The summed E-state index contributed by atoms with van der Waals surface area (Å²) in [6, 6.07) is 16.0. The van der Waals surface area contributed by atoms with Gasteiger partial charge in [0.25, 0.3) is 0 Å². The normalized spacial score (nSPS) is 10.6. The van der Waals surface area contributed by atoms with Crippen molar-refractivity contribution in [1.82, 2.24) is 0 Å². The van der Waals surface area contributed by atoms with Gasteiger partial charge in [0.05, 0.1) is 6.61 Å². The Morgan fingerprint density at radius 2 is 1.86 bits per heavy atom. The van der Waals surface area contributed by atoms with Crippen molar-refractivity contribution >= 4 is 23.4 Å². The molecular formula is C18H19NO2. The highest BCUT2D eigenvalue weighted by Gasteiger charge is 2.01. The Morgan fingerprint density at radius 1 is 1.14 bits per heavy atom. The third-order valence-corrected chi connectivity index (χ3v) is 2.98.